The molecule has 5 rings (SSSR count). The number of aliphatic hydroxyl groups is 1. The van der Waals surface area contributed by atoms with Crippen LogP contribution in [0.2, 0.25) is 0 Å². The predicted molar refractivity (Wildman–Crippen MR) is 184 cm³/mol. The minimum Gasteiger partial charge on any atom is -0.481 e. The minimum atomic E-state index is -0.897. The van der Waals surface area contributed by atoms with Crippen LogP contribution in [0.15, 0.2) is 97.2 Å². The second-order valence-electron chi connectivity index (χ2n) is 12.5. The van der Waals surface area contributed by atoms with Crippen molar-refractivity contribution >= 4 is 11.9 Å². The second kappa shape index (κ2) is 17.1. The summed E-state index contributed by atoms with van der Waals surface area (Å²) in [7, 11) is 2.11. The number of aliphatic hydroxyl groups excluding tert-OH is 1. The Morgan fingerprint density at radius 3 is 2.35 bits per heavy atom. The molecule has 4 atom stereocenters. The van der Waals surface area contributed by atoms with E-state index in [0.717, 1.165) is 58.6 Å². The quantitative estimate of drug-likeness (QED) is 0.142. The van der Waals surface area contributed by atoms with Gasteiger partial charge in [0.15, 0.2) is 6.29 Å². The molecule has 252 valence electrons. The first-order valence-corrected chi connectivity index (χ1v) is 16.6. The van der Waals surface area contributed by atoms with Gasteiger partial charge in [-0.25, -0.2) is 0 Å². The van der Waals surface area contributed by atoms with Crippen LogP contribution in [0, 0.1) is 5.92 Å². The van der Waals surface area contributed by atoms with E-state index in [-0.39, 0.29) is 43.5 Å². The zero-order valence-electron chi connectivity index (χ0n) is 27.6. The monoisotopic (exact) mass is 651 g/mol. The number of carboxylic acids is 1. The van der Waals surface area contributed by atoms with E-state index >= 15 is 0 Å². The number of nitrogens with one attached hydrogen (secondary N) is 1. The molecule has 3 N–H and O–H groups in total. The molecule has 0 bridgehead atoms. The number of hydrogen-bond donors (Lipinski definition) is 3. The molecule has 0 unspecified atom stereocenters. The summed E-state index contributed by atoms with van der Waals surface area (Å²) >= 11 is 0. The van der Waals surface area contributed by atoms with Gasteiger partial charge in [-0.15, -0.1) is 0 Å². The summed E-state index contributed by atoms with van der Waals surface area (Å²) in [6, 6.07) is 30.1. The van der Waals surface area contributed by atoms with Crippen LogP contribution in [0.1, 0.15) is 66.5 Å². The van der Waals surface area contributed by atoms with Crippen LogP contribution in [0.3, 0.4) is 0 Å². The topological polar surface area (TPSA) is 121 Å². The number of ether oxygens (including phenoxy) is 2. The molecule has 0 radical (unpaired) electrons. The zero-order valence-corrected chi connectivity index (χ0v) is 27.6. The Hall–Kier alpha value is -4.41. The van der Waals surface area contributed by atoms with Gasteiger partial charge in [0, 0.05) is 62.3 Å². The Morgan fingerprint density at radius 1 is 0.875 bits per heavy atom. The predicted octanol–water partition coefficient (Wildman–Crippen LogP) is 6.08. The Bertz CT molecular complexity index is 1610. The van der Waals surface area contributed by atoms with E-state index < -0.39 is 12.3 Å². The molecule has 2 heterocycles. The number of aliphatic carboxylic acids is 1. The number of aromatic nitrogens is 1. The van der Waals surface area contributed by atoms with Crippen molar-refractivity contribution in [3.63, 3.8) is 0 Å². The maximum absolute atomic E-state index is 12.1. The summed E-state index contributed by atoms with van der Waals surface area (Å²) in [6.07, 6.45) is 2.33. The molecule has 1 fully saturated rings. The average molecular weight is 652 g/mol. The molecule has 4 aromatic rings. The third kappa shape index (κ3) is 9.81. The highest BCUT2D eigenvalue weighted by molar-refractivity contribution is 5.76. The van der Waals surface area contributed by atoms with E-state index in [4.69, 9.17) is 14.6 Å². The van der Waals surface area contributed by atoms with Crippen LogP contribution in [0.25, 0.3) is 11.1 Å². The van der Waals surface area contributed by atoms with Crippen molar-refractivity contribution in [2.45, 2.75) is 64.3 Å². The molecule has 1 amide bonds. The van der Waals surface area contributed by atoms with Crippen LogP contribution in [0.4, 0.5) is 0 Å². The molecule has 0 aliphatic carbocycles. The summed E-state index contributed by atoms with van der Waals surface area (Å²) in [4.78, 5) is 29.6. The number of carbonyl (C=O) groups excluding carboxylic acids is 1. The first-order valence-electron chi connectivity index (χ1n) is 16.6. The van der Waals surface area contributed by atoms with Gasteiger partial charge in [-0.1, -0.05) is 79.7 Å². The number of pyridine rings is 1. The highest BCUT2D eigenvalue weighted by atomic mass is 16.7. The number of rotatable bonds is 15. The van der Waals surface area contributed by atoms with Crippen molar-refractivity contribution in [3.05, 3.63) is 125 Å². The molecule has 0 saturated carbocycles. The Labute approximate surface area is 282 Å². The van der Waals surface area contributed by atoms with Crippen molar-refractivity contribution in [2.75, 3.05) is 20.1 Å². The van der Waals surface area contributed by atoms with Gasteiger partial charge in [0.1, 0.15) is 0 Å². The average Bonchev–Trinajstić information content (AvgIpc) is 3.11. The summed E-state index contributed by atoms with van der Waals surface area (Å²) in [5.41, 5.74) is 6.91. The summed E-state index contributed by atoms with van der Waals surface area (Å²) in [6.45, 7) is 4.13. The van der Waals surface area contributed by atoms with Gasteiger partial charge in [-0.2, -0.15) is 0 Å². The molecule has 1 aliphatic rings. The lowest BCUT2D eigenvalue weighted by molar-refractivity contribution is -0.275. The molecule has 0 spiro atoms. The van der Waals surface area contributed by atoms with Crippen LogP contribution >= 0.6 is 0 Å². The number of benzene rings is 3. The molecule has 1 aromatic heterocycles. The molecule has 48 heavy (non-hydrogen) atoms. The normalized spacial score (nSPS) is 19.2. The van der Waals surface area contributed by atoms with Gasteiger partial charge in [-0.05, 0) is 59.5 Å². The van der Waals surface area contributed by atoms with Gasteiger partial charge in [0.05, 0.1) is 18.8 Å². The van der Waals surface area contributed by atoms with E-state index in [2.05, 4.69) is 47.4 Å². The molecule has 3 aromatic carbocycles. The lowest BCUT2D eigenvalue weighted by Crippen LogP contribution is -2.43. The van der Waals surface area contributed by atoms with Crippen molar-refractivity contribution in [1.82, 2.24) is 15.2 Å². The Balaban J connectivity index is 1.27. The molecular formula is C39H45N3O6. The number of hydrogen-bond acceptors (Lipinski definition) is 7. The van der Waals surface area contributed by atoms with Crippen LogP contribution in [-0.4, -0.2) is 58.2 Å². The smallest absolute Gasteiger partial charge is 0.303 e. The van der Waals surface area contributed by atoms with Crippen molar-refractivity contribution in [3.8, 4) is 11.1 Å². The van der Waals surface area contributed by atoms with Crippen molar-refractivity contribution < 1.29 is 29.3 Å². The van der Waals surface area contributed by atoms with Gasteiger partial charge in [0.2, 0.25) is 5.91 Å². The fraction of sp³-hybridized carbons (Fsp3) is 0.359. The zero-order chi connectivity index (χ0) is 33.9. The third-order valence-electron chi connectivity index (χ3n) is 8.82. The van der Waals surface area contributed by atoms with Gasteiger partial charge in [0.25, 0.3) is 0 Å². The number of amides is 1. The third-order valence-corrected chi connectivity index (χ3v) is 8.82. The van der Waals surface area contributed by atoms with E-state index in [1.165, 1.54) is 0 Å². The number of nitrogens with zero attached hydrogens (tertiary/aromatic N) is 2. The van der Waals surface area contributed by atoms with E-state index in [0.29, 0.717) is 13.0 Å². The molecule has 9 heteroatoms. The minimum absolute atomic E-state index is 0.00469. The lowest BCUT2D eigenvalue weighted by atomic mass is 9.90. The highest BCUT2D eigenvalue weighted by Gasteiger charge is 2.38. The SMILES string of the molecule is C[C@H]1[C@@H](CN(C)CCc2ccccn2)O[C@@H](c2ccc(-c3cccc(CNC(=O)CCCC(=O)O)c3)cc2)O[C@H]1c1ccc(CO)cc1. The van der Waals surface area contributed by atoms with Gasteiger partial charge in [-0.3, -0.25) is 14.6 Å². The van der Waals surface area contributed by atoms with Crippen LogP contribution < -0.4 is 5.32 Å². The van der Waals surface area contributed by atoms with Gasteiger partial charge < -0.3 is 29.9 Å². The van der Waals surface area contributed by atoms with Crippen LogP contribution in [-0.2, 0) is 38.6 Å². The highest BCUT2D eigenvalue weighted by Crippen LogP contribution is 2.42. The number of likely N-dealkylation sites (N-methyl/N-ethyl adjacent to an activating group) is 1. The fourth-order valence-corrected chi connectivity index (χ4v) is 5.96. The first-order chi connectivity index (χ1) is 23.3. The number of carbonyl (C=O) groups is 2. The molecule has 9 nitrogen and oxygen atoms in total. The number of carboxylic acid groups (broad SMARTS) is 1. The van der Waals surface area contributed by atoms with Crippen molar-refractivity contribution in [2.24, 2.45) is 5.92 Å². The van der Waals surface area contributed by atoms with E-state index in [1.807, 2.05) is 79.0 Å². The van der Waals surface area contributed by atoms with Crippen LogP contribution in [0.5, 0.6) is 0 Å². The second-order valence-corrected chi connectivity index (χ2v) is 12.5. The summed E-state index contributed by atoms with van der Waals surface area (Å²) in [5.74, 6) is -0.975. The largest absolute Gasteiger partial charge is 0.481 e. The van der Waals surface area contributed by atoms with E-state index in [9.17, 15) is 14.7 Å². The van der Waals surface area contributed by atoms with Gasteiger partial charge >= 0.3 is 5.97 Å². The molecule has 1 saturated heterocycles. The molecular weight excluding hydrogens is 606 g/mol. The summed E-state index contributed by atoms with van der Waals surface area (Å²) < 4.78 is 13.3. The maximum atomic E-state index is 12.1. The maximum Gasteiger partial charge on any atom is 0.303 e. The van der Waals surface area contributed by atoms with E-state index in [1.54, 1.807) is 0 Å². The Kier molecular flexibility index (Phi) is 12.5. The first kappa shape index (κ1) is 34.9. The summed E-state index contributed by atoms with van der Waals surface area (Å²) in [5, 5.41) is 21.2. The fourth-order valence-electron chi connectivity index (χ4n) is 5.96. The molecule has 1 aliphatic heterocycles. The Morgan fingerprint density at radius 2 is 1.65 bits per heavy atom. The lowest BCUT2D eigenvalue weighted by Gasteiger charge is -2.42. The standard InChI is InChI=1S/C39H45N3O6/c1-27-35(25-42(2)22-20-34-9-3-4-21-40-34)47-39(48-38(27)31-14-12-28(26-43)13-15-31)32-18-16-30(17-19-32)33-8-5-7-29(23-33)24-41-36(44)10-6-11-37(45)46/h3-5,7-9,12-19,21,23,27,35,38-39,43H,6,10-11,20,22,24-26H2,1-2H3,(H,41,44)(H,45,46)/t27-,35+,38+,39+/m0/s1. The van der Waals surface area contributed by atoms with Crippen molar-refractivity contribution in [1.29, 1.82) is 0 Å².